The highest BCUT2D eigenvalue weighted by Crippen LogP contribution is 2.00. The fourth-order valence-corrected chi connectivity index (χ4v) is 1.31. The van der Waals surface area contributed by atoms with E-state index in [-0.39, 0.29) is 5.91 Å². The molecule has 0 aliphatic rings. The van der Waals surface area contributed by atoms with Gasteiger partial charge in [-0.25, -0.2) is 0 Å². The average Bonchev–Trinajstić information content (AvgIpc) is 2.42. The molecule has 0 heterocycles. The van der Waals surface area contributed by atoms with Gasteiger partial charge in [-0.1, -0.05) is 38.2 Å². The van der Waals surface area contributed by atoms with Crippen molar-refractivity contribution in [2.45, 2.75) is 52.9 Å². The van der Waals surface area contributed by atoms with Gasteiger partial charge in [-0.2, -0.15) is 0 Å². The lowest BCUT2D eigenvalue weighted by Gasteiger charge is -2.07. The number of hydrogen-bond acceptors (Lipinski definition) is 1. The smallest absolute Gasteiger partial charge is 0.243 e. The van der Waals surface area contributed by atoms with E-state index in [1.165, 1.54) is 0 Å². The molecule has 19 heavy (non-hydrogen) atoms. The van der Waals surface area contributed by atoms with Crippen LogP contribution in [0.5, 0.6) is 0 Å². The highest BCUT2D eigenvalue weighted by atomic mass is 16.1. The van der Waals surface area contributed by atoms with E-state index in [0.29, 0.717) is 5.92 Å². The summed E-state index contributed by atoms with van der Waals surface area (Å²) in [7, 11) is 0. The van der Waals surface area contributed by atoms with Gasteiger partial charge >= 0.3 is 0 Å². The number of nitrogens with one attached hydrogen (secondary N) is 1. The fourth-order valence-electron chi connectivity index (χ4n) is 1.31. The largest absolute Gasteiger partial charge is 0.352 e. The molecule has 0 unspecified atom stereocenters. The minimum absolute atomic E-state index is 0.0123. The normalized spacial score (nSPS) is 11.1. The quantitative estimate of drug-likeness (QED) is 0.404. The van der Waals surface area contributed by atoms with Crippen molar-refractivity contribution in [2.75, 3.05) is 6.54 Å². The van der Waals surface area contributed by atoms with Crippen LogP contribution in [0.2, 0.25) is 0 Å². The molecule has 2 heteroatoms. The highest BCUT2D eigenvalue weighted by molar-refractivity contribution is 5.87. The zero-order valence-corrected chi connectivity index (χ0v) is 12.4. The van der Waals surface area contributed by atoms with Gasteiger partial charge in [0.05, 0.1) is 0 Å². The Labute approximate surface area is 118 Å². The third kappa shape index (κ3) is 12.6. The maximum absolute atomic E-state index is 11.4. The standard InChI is InChI=1S/C17H25NO/c1-4-6-7-8-9-10-11-12-13-14-17(19)18-15-16(3)5-2/h13-14,16H,5,9-12,15H2,1-3H3,(H,18,19)/b14-13+/t16-/m0/s1. The Morgan fingerprint density at radius 1 is 1.32 bits per heavy atom. The highest BCUT2D eigenvalue weighted by Gasteiger charge is 1.99. The number of carbonyl (C=O) groups is 1. The maximum Gasteiger partial charge on any atom is 0.243 e. The van der Waals surface area contributed by atoms with Gasteiger partial charge < -0.3 is 5.32 Å². The van der Waals surface area contributed by atoms with Crippen LogP contribution in [0, 0.1) is 29.6 Å². The Hall–Kier alpha value is -1.67. The first-order chi connectivity index (χ1) is 9.20. The van der Waals surface area contributed by atoms with Crippen LogP contribution in [0.1, 0.15) is 52.9 Å². The van der Waals surface area contributed by atoms with Crippen molar-refractivity contribution in [3.63, 3.8) is 0 Å². The summed E-state index contributed by atoms with van der Waals surface area (Å²) in [5.74, 6) is 11.8. The van der Waals surface area contributed by atoms with Gasteiger partial charge in [0.15, 0.2) is 0 Å². The van der Waals surface area contributed by atoms with Crippen LogP contribution >= 0.6 is 0 Å². The van der Waals surface area contributed by atoms with E-state index in [0.717, 1.165) is 38.6 Å². The number of carbonyl (C=O) groups excluding carboxylic acids is 1. The summed E-state index contributed by atoms with van der Waals surface area (Å²) in [5.41, 5.74) is 0. The Balaban J connectivity index is 3.54. The SMILES string of the molecule is CC#CC#CCCCC/C=C/C(=O)NC[C@@H](C)CC. The van der Waals surface area contributed by atoms with Crippen LogP contribution in [0.3, 0.4) is 0 Å². The van der Waals surface area contributed by atoms with Crippen molar-refractivity contribution in [3.05, 3.63) is 12.2 Å². The number of hydrogen-bond donors (Lipinski definition) is 1. The summed E-state index contributed by atoms with van der Waals surface area (Å²) in [4.78, 5) is 11.4. The zero-order valence-electron chi connectivity index (χ0n) is 12.4. The van der Waals surface area contributed by atoms with E-state index in [2.05, 4.69) is 42.8 Å². The van der Waals surface area contributed by atoms with Crippen molar-refractivity contribution in [3.8, 4) is 23.7 Å². The predicted octanol–water partition coefficient (Wildman–Crippen LogP) is 3.29. The summed E-state index contributed by atoms with van der Waals surface area (Å²) in [6.07, 6.45) is 8.58. The molecule has 0 aromatic carbocycles. The third-order valence-electron chi connectivity index (χ3n) is 2.79. The minimum atomic E-state index is 0.0123. The third-order valence-corrected chi connectivity index (χ3v) is 2.79. The molecule has 0 rings (SSSR count). The van der Waals surface area contributed by atoms with Gasteiger partial charge in [-0.15, -0.1) is 0 Å². The number of allylic oxidation sites excluding steroid dienone is 1. The first-order valence-electron chi connectivity index (χ1n) is 7.04. The Morgan fingerprint density at radius 2 is 2.11 bits per heavy atom. The Bertz CT molecular complexity index is 387. The molecule has 0 aromatic heterocycles. The second-order valence-corrected chi connectivity index (χ2v) is 4.58. The number of unbranched alkanes of at least 4 members (excludes halogenated alkanes) is 3. The zero-order chi connectivity index (χ0) is 14.3. The molecule has 0 aliphatic heterocycles. The molecule has 0 radical (unpaired) electrons. The minimum Gasteiger partial charge on any atom is -0.352 e. The molecule has 1 N–H and O–H groups in total. The summed E-state index contributed by atoms with van der Waals surface area (Å²) < 4.78 is 0. The van der Waals surface area contributed by atoms with Crippen molar-refractivity contribution >= 4 is 5.91 Å². The summed E-state index contributed by atoms with van der Waals surface area (Å²) in [5, 5.41) is 2.90. The van der Waals surface area contributed by atoms with Crippen LogP contribution in [0.4, 0.5) is 0 Å². The molecule has 0 fully saturated rings. The van der Waals surface area contributed by atoms with Crippen LogP contribution in [0.15, 0.2) is 12.2 Å². The van der Waals surface area contributed by atoms with Gasteiger partial charge in [0, 0.05) is 13.0 Å². The molecular weight excluding hydrogens is 234 g/mol. The molecule has 0 saturated carbocycles. The molecule has 104 valence electrons. The van der Waals surface area contributed by atoms with Crippen molar-refractivity contribution in [1.29, 1.82) is 0 Å². The first-order valence-corrected chi connectivity index (χ1v) is 7.04. The van der Waals surface area contributed by atoms with Gasteiger partial charge in [0.2, 0.25) is 5.91 Å². The van der Waals surface area contributed by atoms with E-state index in [9.17, 15) is 4.79 Å². The monoisotopic (exact) mass is 259 g/mol. The lowest BCUT2D eigenvalue weighted by atomic mass is 10.1. The number of rotatable bonds is 8. The Kier molecular flexibility index (Phi) is 11.7. The van der Waals surface area contributed by atoms with Crippen molar-refractivity contribution in [1.82, 2.24) is 5.32 Å². The van der Waals surface area contributed by atoms with Gasteiger partial charge in [0.25, 0.3) is 0 Å². The van der Waals surface area contributed by atoms with Gasteiger partial charge in [-0.3, -0.25) is 4.79 Å². The summed E-state index contributed by atoms with van der Waals surface area (Å²) in [6.45, 7) is 6.80. The number of amides is 1. The predicted molar refractivity (Wildman–Crippen MR) is 81.3 cm³/mol. The fraction of sp³-hybridized carbons (Fsp3) is 0.588. The lowest BCUT2D eigenvalue weighted by molar-refractivity contribution is -0.116. The Morgan fingerprint density at radius 3 is 2.79 bits per heavy atom. The summed E-state index contributed by atoms with van der Waals surface area (Å²) in [6, 6.07) is 0. The molecular formula is C17H25NO. The average molecular weight is 259 g/mol. The summed E-state index contributed by atoms with van der Waals surface area (Å²) >= 11 is 0. The second kappa shape index (κ2) is 12.8. The van der Waals surface area contributed by atoms with E-state index >= 15 is 0 Å². The van der Waals surface area contributed by atoms with Crippen molar-refractivity contribution in [2.24, 2.45) is 5.92 Å². The van der Waals surface area contributed by atoms with E-state index in [1.54, 1.807) is 13.0 Å². The maximum atomic E-state index is 11.4. The molecule has 0 bridgehead atoms. The van der Waals surface area contributed by atoms with Crippen LogP contribution in [-0.4, -0.2) is 12.5 Å². The van der Waals surface area contributed by atoms with E-state index in [4.69, 9.17) is 0 Å². The van der Waals surface area contributed by atoms with Crippen LogP contribution in [-0.2, 0) is 4.79 Å². The van der Waals surface area contributed by atoms with Gasteiger partial charge in [0.1, 0.15) is 0 Å². The first kappa shape index (κ1) is 17.3. The van der Waals surface area contributed by atoms with Gasteiger partial charge in [-0.05, 0) is 50.0 Å². The van der Waals surface area contributed by atoms with Crippen molar-refractivity contribution < 1.29 is 4.79 Å². The molecule has 1 atom stereocenters. The van der Waals surface area contributed by atoms with E-state index in [1.807, 2.05) is 6.08 Å². The molecule has 2 nitrogen and oxygen atoms in total. The molecule has 0 saturated heterocycles. The van der Waals surface area contributed by atoms with E-state index < -0.39 is 0 Å². The second-order valence-electron chi connectivity index (χ2n) is 4.58. The molecule has 0 aromatic rings. The molecule has 0 aliphatic carbocycles. The van der Waals surface area contributed by atoms with Crippen LogP contribution in [0.25, 0.3) is 0 Å². The molecule has 1 amide bonds. The topological polar surface area (TPSA) is 29.1 Å². The van der Waals surface area contributed by atoms with Crippen LogP contribution < -0.4 is 5.32 Å². The molecule has 0 spiro atoms. The lowest BCUT2D eigenvalue weighted by Crippen LogP contribution is -2.26.